The Labute approximate surface area is 145 Å². The van der Waals surface area contributed by atoms with Crippen molar-refractivity contribution in [3.05, 3.63) is 77.4 Å². The second-order valence-corrected chi connectivity index (χ2v) is 6.62. The number of nitrogens with zero attached hydrogens (tertiary/aromatic N) is 2. The van der Waals surface area contributed by atoms with Crippen molar-refractivity contribution in [2.24, 2.45) is 0 Å². The molecule has 0 saturated carbocycles. The summed E-state index contributed by atoms with van der Waals surface area (Å²) in [5.41, 5.74) is 1.87. The Morgan fingerprint density at radius 1 is 1.08 bits per heavy atom. The molecule has 2 aliphatic heterocycles. The van der Waals surface area contributed by atoms with E-state index in [0.29, 0.717) is 18.7 Å². The second-order valence-electron chi connectivity index (χ2n) is 6.62. The number of carbonyl (C=O) groups excluding carboxylic acids is 1. The number of likely N-dealkylation sites (N-methyl/N-ethyl adjacent to an activating group) is 1. The largest absolute Gasteiger partial charge is 0.323 e. The molecule has 2 aromatic carbocycles. The Balaban J connectivity index is 1.84. The molecule has 1 unspecified atom stereocenters. The molecule has 5 heteroatoms. The number of carbonyl (C=O) groups is 1. The van der Waals surface area contributed by atoms with Gasteiger partial charge in [0.25, 0.3) is 0 Å². The SMILES string of the molecule is CN1CC(=O)N2C(C1)C(c1cc(F)ccc1F)=C[C@H]2c1ccccc1. The normalized spacial score (nSPS) is 23.6. The highest BCUT2D eigenvalue weighted by molar-refractivity contribution is 5.87. The van der Waals surface area contributed by atoms with E-state index < -0.39 is 11.6 Å². The number of piperazine rings is 1. The van der Waals surface area contributed by atoms with Crippen LogP contribution in [0.3, 0.4) is 0 Å². The standard InChI is InChI=1S/C20H18F2N2O/c1-23-11-19-16(15-9-14(21)7-8-17(15)22)10-18(24(19)20(25)12-23)13-5-3-2-4-6-13/h2-10,18-19H,11-12H2,1H3/t18-,19?/m0/s1. The lowest BCUT2D eigenvalue weighted by Crippen LogP contribution is -2.54. The lowest BCUT2D eigenvalue weighted by atomic mass is 9.97. The van der Waals surface area contributed by atoms with Crippen LogP contribution in [0.25, 0.3) is 5.57 Å². The molecule has 3 nitrogen and oxygen atoms in total. The van der Waals surface area contributed by atoms with Gasteiger partial charge in [0, 0.05) is 12.1 Å². The van der Waals surface area contributed by atoms with Crippen LogP contribution in [0, 0.1) is 11.6 Å². The third-order valence-corrected chi connectivity index (χ3v) is 4.89. The first-order valence-corrected chi connectivity index (χ1v) is 8.26. The van der Waals surface area contributed by atoms with E-state index in [-0.39, 0.29) is 23.6 Å². The van der Waals surface area contributed by atoms with Crippen LogP contribution >= 0.6 is 0 Å². The summed E-state index contributed by atoms with van der Waals surface area (Å²) in [6.07, 6.45) is 1.90. The minimum Gasteiger partial charge on any atom is -0.323 e. The van der Waals surface area contributed by atoms with Gasteiger partial charge in [0.1, 0.15) is 11.6 Å². The van der Waals surface area contributed by atoms with Crippen molar-refractivity contribution in [1.82, 2.24) is 9.80 Å². The number of amides is 1. The smallest absolute Gasteiger partial charge is 0.238 e. The van der Waals surface area contributed by atoms with Gasteiger partial charge in [-0.25, -0.2) is 8.78 Å². The van der Waals surface area contributed by atoms with Gasteiger partial charge in [0.2, 0.25) is 5.91 Å². The zero-order chi connectivity index (χ0) is 17.6. The van der Waals surface area contributed by atoms with Crippen LogP contribution in [0.1, 0.15) is 17.2 Å². The van der Waals surface area contributed by atoms with Gasteiger partial charge in [-0.2, -0.15) is 0 Å². The van der Waals surface area contributed by atoms with E-state index in [9.17, 15) is 13.6 Å². The molecule has 2 atom stereocenters. The van der Waals surface area contributed by atoms with Crippen LogP contribution in [0.15, 0.2) is 54.6 Å². The molecular weight excluding hydrogens is 322 g/mol. The van der Waals surface area contributed by atoms with E-state index in [4.69, 9.17) is 0 Å². The number of hydrogen-bond acceptors (Lipinski definition) is 2. The first kappa shape index (κ1) is 16.0. The van der Waals surface area contributed by atoms with Gasteiger partial charge in [-0.3, -0.25) is 9.69 Å². The molecule has 0 radical (unpaired) electrons. The maximum absolute atomic E-state index is 14.4. The number of fused-ring (bicyclic) bond motifs is 1. The van der Waals surface area contributed by atoms with Crippen molar-refractivity contribution >= 4 is 11.5 Å². The van der Waals surface area contributed by atoms with Gasteiger partial charge >= 0.3 is 0 Å². The Hall–Kier alpha value is -2.53. The van der Waals surface area contributed by atoms with Crippen LogP contribution in [0.4, 0.5) is 8.78 Å². The third-order valence-electron chi connectivity index (χ3n) is 4.89. The monoisotopic (exact) mass is 340 g/mol. The lowest BCUT2D eigenvalue weighted by Gasteiger charge is -2.39. The fourth-order valence-electron chi connectivity index (χ4n) is 3.79. The molecule has 1 saturated heterocycles. The molecule has 0 aliphatic carbocycles. The average molecular weight is 340 g/mol. The molecular formula is C20H18F2N2O. The first-order valence-electron chi connectivity index (χ1n) is 8.26. The number of benzene rings is 2. The molecule has 1 amide bonds. The Kier molecular flexibility index (Phi) is 3.88. The summed E-state index contributed by atoms with van der Waals surface area (Å²) in [6.45, 7) is 0.920. The van der Waals surface area contributed by atoms with E-state index in [1.54, 1.807) is 4.90 Å². The van der Waals surface area contributed by atoms with Crippen LogP contribution < -0.4 is 0 Å². The van der Waals surface area contributed by atoms with Gasteiger partial charge in [-0.05, 0) is 36.4 Å². The second kappa shape index (κ2) is 6.08. The summed E-state index contributed by atoms with van der Waals surface area (Å²) in [4.78, 5) is 16.4. The predicted octanol–water partition coefficient (Wildman–Crippen LogP) is 3.25. The molecule has 0 spiro atoms. The molecule has 0 aromatic heterocycles. The van der Waals surface area contributed by atoms with E-state index in [2.05, 4.69) is 0 Å². The Morgan fingerprint density at radius 2 is 1.84 bits per heavy atom. The van der Waals surface area contributed by atoms with E-state index in [1.807, 2.05) is 48.4 Å². The van der Waals surface area contributed by atoms with Crippen molar-refractivity contribution in [2.45, 2.75) is 12.1 Å². The van der Waals surface area contributed by atoms with E-state index >= 15 is 0 Å². The topological polar surface area (TPSA) is 23.6 Å². The van der Waals surface area contributed by atoms with E-state index in [1.165, 1.54) is 6.07 Å². The molecule has 0 N–H and O–H groups in total. The molecule has 2 aromatic rings. The molecule has 2 aliphatic rings. The van der Waals surface area contributed by atoms with E-state index in [0.717, 1.165) is 17.7 Å². The van der Waals surface area contributed by atoms with Gasteiger partial charge in [-0.15, -0.1) is 0 Å². The Morgan fingerprint density at radius 3 is 2.60 bits per heavy atom. The average Bonchev–Trinajstić information content (AvgIpc) is 2.97. The maximum Gasteiger partial charge on any atom is 0.238 e. The molecule has 128 valence electrons. The number of halogens is 2. The summed E-state index contributed by atoms with van der Waals surface area (Å²) < 4.78 is 28.1. The van der Waals surface area contributed by atoms with Crippen LogP contribution in [-0.2, 0) is 4.79 Å². The van der Waals surface area contributed by atoms with Crippen molar-refractivity contribution in [3.63, 3.8) is 0 Å². The number of hydrogen-bond donors (Lipinski definition) is 0. The molecule has 4 rings (SSSR count). The molecule has 0 bridgehead atoms. The fraction of sp³-hybridized carbons (Fsp3) is 0.250. The third kappa shape index (κ3) is 2.74. The van der Waals surface area contributed by atoms with Crippen LogP contribution in [0.2, 0.25) is 0 Å². The van der Waals surface area contributed by atoms with Crippen molar-refractivity contribution in [1.29, 1.82) is 0 Å². The van der Waals surface area contributed by atoms with Crippen LogP contribution in [0.5, 0.6) is 0 Å². The summed E-state index contributed by atoms with van der Waals surface area (Å²) >= 11 is 0. The highest BCUT2D eigenvalue weighted by Crippen LogP contribution is 2.41. The molecule has 25 heavy (non-hydrogen) atoms. The summed E-state index contributed by atoms with van der Waals surface area (Å²) in [7, 11) is 1.87. The summed E-state index contributed by atoms with van der Waals surface area (Å²) in [5, 5.41) is 0. The quantitative estimate of drug-likeness (QED) is 0.838. The Bertz CT molecular complexity index is 850. The highest BCUT2D eigenvalue weighted by Gasteiger charge is 2.43. The minimum absolute atomic E-state index is 0.00401. The lowest BCUT2D eigenvalue weighted by molar-refractivity contribution is -0.138. The van der Waals surface area contributed by atoms with Gasteiger partial charge < -0.3 is 4.90 Å². The summed E-state index contributed by atoms with van der Waals surface area (Å²) in [5.74, 6) is -0.958. The van der Waals surface area contributed by atoms with Gasteiger partial charge in [-0.1, -0.05) is 36.4 Å². The van der Waals surface area contributed by atoms with Gasteiger partial charge in [0.15, 0.2) is 0 Å². The fourth-order valence-corrected chi connectivity index (χ4v) is 3.79. The molecule has 1 fully saturated rings. The van der Waals surface area contributed by atoms with Crippen LogP contribution in [-0.4, -0.2) is 41.9 Å². The maximum atomic E-state index is 14.4. The van der Waals surface area contributed by atoms with Gasteiger partial charge in [0.05, 0.1) is 18.6 Å². The zero-order valence-corrected chi connectivity index (χ0v) is 13.8. The molecule has 2 heterocycles. The number of rotatable bonds is 2. The highest BCUT2D eigenvalue weighted by atomic mass is 19.1. The van der Waals surface area contributed by atoms with Crippen molar-refractivity contribution in [3.8, 4) is 0 Å². The summed E-state index contributed by atoms with van der Waals surface area (Å²) in [6, 6.07) is 12.6. The predicted molar refractivity (Wildman–Crippen MR) is 91.6 cm³/mol. The first-order chi connectivity index (χ1) is 12.0. The van der Waals surface area contributed by atoms with Crippen molar-refractivity contribution in [2.75, 3.05) is 20.1 Å². The zero-order valence-electron chi connectivity index (χ0n) is 13.8. The minimum atomic E-state index is -0.484. The van der Waals surface area contributed by atoms with Crippen molar-refractivity contribution < 1.29 is 13.6 Å².